The summed E-state index contributed by atoms with van der Waals surface area (Å²) in [6.45, 7) is 1.96. The Balaban J connectivity index is 1.99. The van der Waals surface area contributed by atoms with Gasteiger partial charge in [0.1, 0.15) is 0 Å². The van der Waals surface area contributed by atoms with Crippen molar-refractivity contribution >= 4 is 0 Å². The molecule has 3 atom stereocenters. The molecule has 64 valence electrons. The number of hydrogen-bond acceptors (Lipinski definition) is 2. The summed E-state index contributed by atoms with van der Waals surface area (Å²) in [5, 5.41) is 12.9. The van der Waals surface area contributed by atoms with Gasteiger partial charge in [0.25, 0.3) is 0 Å². The fraction of sp³-hybridized carbons (Fsp3) is 1.00. The summed E-state index contributed by atoms with van der Waals surface area (Å²) in [7, 11) is 0. The van der Waals surface area contributed by atoms with Gasteiger partial charge in [-0.3, -0.25) is 0 Å². The van der Waals surface area contributed by atoms with Crippen molar-refractivity contribution < 1.29 is 5.11 Å². The molecule has 1 saturated heterocycles. The monoisotopic (exact) mass is 155 g/mol. The van der Waals surface area contributed by atoms with Crippen LogP contribution in [-0.4, -0.2) is 24.3 Å². The number of aliphatic hydroxyl groups is 1. The van der Waals surface area contributed by atoms with Crippen LogP contribution >= 0.6 is 0 Å². The van der Waals surface area contributed by atoms with Crippen LogP contribution in [0.15, 0.2) is 0 Å². The second kappa shape index (κ2) is 3.11. The Morgan fingerprint density at radius 3 is 2.73 bits per heavy atom. The van der Waals surface area contributed by atoms with Crippen LogP contribution in [0.3, 0.4) is 0 Å². The van der Waals surface area contributed by atoms with Crippen molar-refractivity contribution in [3.05, 3.63) is 0 Å². The number of hydrogen-bond donors (Lipinski definition) is 2. The van der Waals surface area contributed by atoms with E-state index in [-0.39, 0.29) is 6.10 Å². The van der Waals surface area contributed by atoms with Gasteiger partial charge in [-0.15, -0.1) is 0 Å². The molecule has 1 aliphatic heterocycles. The molecule has 0 aromatic rings. The maximum atomic E-state index is 9.64. The molecule has 1 aliphatic carbocycles. The second-order valence-corrected chi connectivity index (χ2v) is 3.93. The van der Waals surface area contributed by atoms with Gasteiger partial charge in [0.15, 0.2) is 0 Å². The quantitative estimate of drug-likeness (QED) is 0.541. The average molecular weight is 155 g/mol. The third kappa shape index (κ3) is 1.42. The van der Waals surface area contributed by atoms with Gasteiger partial charge < -0.3 is 10.4 Å². The lowest BCUT2D eigenvalue weighted by molar-refractivity contribution is 0.0227. The zero-order valence-electron chi connectivity index (χ0n) is 6.92. The number of nitrogens with one attached hydrogen (secondary N) is 1. The minimum Gasteiger partial charge on any atom is -0.392 e. The average Bonchev–Trinajstić information content (AvgIpc) is 2.06. The van der Waals surface area contributed by atoms with Crippen LogP contribution in [0.25, 0.3) is 0 Å². The van der Waals surface area contributed by atoms with Crippen LogP contribution in [0.4, 0.5) is 0 Å². The Kier molecular flexibility index (Phi) is 2.14. The van der Waals surface area contributed by atoms with Gasteiger partial charge in [0, 0.05) is 6.54 Å². The number of piperidine rings is 1. The Labute approximate surface area is 68.0 Å². The molecule has 0 bridgehead atoms. The zero-order valence-corrected chi connectivity index (χ0v) is 6.92. The molecule has 2 nitrogen and oxygen atoms in total. The first-order valence-electron chi connectivity index (χ1n) is 4.76. The van der Waals surface area contributed by atoms with Gasteiger partial charge in [-0.1, -0.05) is 12.8 Å². The summed E-state index contributed by atoms with van der Waals surface area (Å²) in [5.41, 5.74) is 0. The highest BCUT2D eigenvalue weighted by Gasteiger charge is 2.33. The molecule has 2 aliphatic rings. The van der Waals surface area contributed by atoms with Crippen molar-refractivity contribution in [2.75, 3.05) is 13.1 Å². The van der Waals surface area contributed by atoms with Gasteiger partial charge in [-0.25, -0.2) is 0 Å². The smallest absolute Gasteiger partial charge is 0.0695 e. The van der Waals surface area contributed by atoms with Crippen LogP contribution in [0, 0.1) is 11.8 Å². The maximum Gasteiger partial charge on any atom is 0.0695 e. The molecule has 2 rings (SSSR count). The second-order valence-electron chi connectivity index (χ2n) is 3.93. The van der Waals surface area contributed by atoms with Gasteiger partial charge >= 0.3 is 0 Å². The fourth-order valence-corrected chi connectivity index (χ4v) is 2.56. The van der Waals surface area contributed by atoms with E-state index in [1.165, 1.54) is 25.7 Å². The highest BCUT2D eigenvalue weighted by atomic mass is 16.3. The number of β-amino-alcohol motifs (C(OH)–C–C–N with tert-alkyl or cyclic N) is 1. The molecule has 2 fully saturated rings. The third-order valence-electron chi connectivity index (χ3n) is 3.22. The summed E-state index contributed by atoms with van der Waals surface area (Å²) >= 11 is 0. The molecule has 0 spiro atoms. The highest BCUT2D eigenvalue weighted by molar-refractivity contribution is 4.86. The summed E-state index contributed by atoms with van der Waals surface area (Å²) in [4.78, 5) is 0. The van der Waals surface area contributed by atoms with Gasteiger partial charge in [-0.05, 0) is 31.2 Å². The van der Waals surface area contributed by atoms with Crippen molar-refractivity contribution in [2.45, 2.75) is 31.8 Å². The van der Waals surface area contributed by atoms with Crippen LogP contribution < -0.4 is 5.32 Å². The van der Waals surface area contributed by atoms with Crippen molar-refractivity contribution in [1.29, 1.82) is 0 Å². The standard InChI is InChI=1S/C9H17NO/c11-9-6-10-5-7-3-1-2-4-8(7)9/h7-11H,1-6H2/t7-,8+,9-/m1/s1. The lowest BCUT2D eigenvalue weighted by atomic mass is 9.74. The largest absolute Gasteiger partial charge is 0.392 e. The number of aliphatic hydroxyl groups excluding tert-OH is 1. The first kappa shape index (κ1) is 7.56. The molecular weight excluding hydrogens is 138 g/mol. The molecule has 0 aromatic carbocycles. The van der Waals surface area contributed by atoms with Gasteiger partial charge in [0.05, 0.1) is 6.10 Å². The van der Waals surface area contributed by atoms with Gasteiger partial charge in [-0.2, -0.15) is 0 Å². The topological polar surface area (TPSA) is 32.3 Å². The molecule has 2 heteroatoms. The van der Waals surface area contributed by atoms with Crippen molar-refractivity contribution in [1.82, 2.24) is 5.32 Å². The van der Waals surface area contributed by atoms with Gasteiger partial charge in [0.2, 0.25) is 0 Å². The Morgan fingerprint density at radius 2 is 1.91 bits per heavy atom. The normalized spacial score (nSPS) is 45.0. The Hall–Kier alpha value is -0.0800. The first-order chi connectivity index (χ1) is 5.38. The van der Waals surface area contributed by atoms with Crippen LogP contribution in [0.5, 0.6) is 0 Å². The Bertz CT molecular complexity index is 136. The van der Waals surface area contributed by atoms with Crippen LogP contribution in [-0.2, 0) is 0 Å². The van der Waals surface area contributed by atoms with E-state index in [0.717, 1.165) is 19.0 Å². The van der Waals surface area contributed by atoms with Crippen LogP contribution in [0.1, 0.15) is 25.7 Å². The molecule has 1 heterocycles. The molecule has 0 unspecified atom stereocenters. The van der Waals surface area contributed by atoms with Crippen LogP contribution in [0.2, 0.25) is 0 Å². The van der Waals surface area contributed by atoms with Crippen molar-refractivity contribution in [3.63, 3.8) is 0 Å². The van der Waals surface area contributed by atoms with E-state index in [1.807, 2.05) is 0 Å². The summed E-state index contributed by atoms with van der Waals surface area (Å²) < 4.78 is 0. The third-order valence-corrected chi connectivity index (χ3v) is 3.22. The highest BCUT2D eigenvalue weighted by Crippen LogP contribution is 2.33. The van der Waals surface area contributed by atoms with E-state index < -0.39 is 0 Å². The molecular formula is C9H17NO. The maximum absolute atomic E-state index is 9.64. The minimum atomic E-state index is -0.0611. The van der Waals surface area contributed by atoms with E-state index in [9.17, 15) is 5.11 Å². The molecule has 1 saturated carbocycles. The number of fused-ring (bicyclic) bond motifs is 1. The summed E-state index contributed by atoms with van der Waals surface area (Å²) in [5.74, 6) is 1.39. The fourth-order valence-electron chi connectivity index (χ4n) is 2.56. The van der Waals surface area contributed by atoms with E-state index in [4.69, 9.17) is 0 Å². The van der Waals surface area contributed by atoms with Crippen molar-refractivity contribution in [3.8, 4) is 0 Å². The van der Waals surface area contributed by atoms with E-state index >= 15 is 0 Å². The predicted molar refractivity (Wildman–Crippen MR) is 44.3 cm³/mol. The molecule has 0 aromatic heterocycles. The SMILES string of the molecule is O[C@@H]1CNC[C@H]2CCCC[C@@H]21. The lowest BCUT2D eigenvalue weighted by Crippen LogP contribution is -2.47. The summed E-state index contributed by atoms with van der Waals surface area (Å²) in [6, 6.07) is 0. The molecule has 2 N–H and O–H groups in total. The Morgan fingerprint density at radius 1 is 1.09 bits per heavy atom. The number of rotatable bonds is 0. The summed E-state index contributed by atoms with van der Waals surface area (Å²) in [6.07, 6.45) is 5.23. The van der Waals surface area contributed by atoms with E-state index in [2.05, 4.69) is 5.32 Å². The van der Waals surface area contributed by atoms with E-state index in [1.54, 1.807) is 0 Å². The van der Waals surface area contributed by atoms with E-state index in [0.29, 0.717) is 5.92 Å². The predicted octanol–water partition coefficient (Wildman–Crippen LogP) is 0.757. The zero-order chi connectivity index (χ0) is 7.68. The minimum absolute atomic E-state index is 0.0611. The molecule has 11 heavy (non-hydrogen) atoms. The van der Waals surface area contributed by atoms with Crippen molar-refractivity contribution in [2.24, 2.45) is 11.8 Å². The first-order valence-corrected chi connectivity index (χ1v) is 4.76. The molecule has 0 amide bonds. The molecule has 0 radical (unpaired) electrons. The lowest BCUT2D eigenvalue weighted by Gasteiger charge is -2.39.